The standard InChI is InChI=1S/C9H12FNO2S/c10-8-3-7(14)1-2-9(8)11-4-6(13)5-12/h1-3,6,11-14H,4-5H2. The summed E-state index contributed by atoms with van der Waals surface area (Å²) in [5.41, 5.74) is 0.287. The number of hydrogen-bond acceptors (Lipinski definition) is 4. The van der Waals surface area contributed by atoms with Crippen molar-refractivity contribution in [3.8, 4) is 0 Å². The van der Waals surface area contributed by atoms with Crippen LogP contribution in [0.2, 0.25) is 0 Å². The summed E-state index contributed by atoms with van der Waals surface area (Å²) in [4.78, 5) is 0.538. The Hall–Kier alpha value is -0.780. The Morgan fingerprint density at radius 3 is 2.79 bits per heavy atom. The average molecular weight is 217 g/mol. The monoisotopic (exact) mass is 217 g/mol. The lowest BCUT2D eigenvalue weighted by atomic mass is 10.3. The van der Waals surface area contributed by atoms with Crippen molar-refractivity contribution >= 4 is 18.3 Å². The summed E-state index contributed by atoms with van der Waals surface area (Å²) >= 11 is 3.97. The summed E-state index contributed by atoms with van der Waals surface area (Å²) in [7, 11) is 0. The van der Waals surface area contributed by atoms with Gasteiger partial charge in [-0.15, -0.1) is 12.6 Å². The van der Waals surface area contributed by atoms with Gasteiger partial charge in [-0.1, -0.05) is 0 Å². The van der Waals surface area contributed by atoms with Gasteiger partial charge < -0.3 is 15.5 Å². The predicted molar refractivity (Wildman–Crippen MR) is 55.2 cm³/mol. The molecule has 0 aliphatic rings. The molecule has 3 N–H and O–H groups in total. The lowest BCUT2D eigenvalue weighted by molar-refractivity contribution is 0.105. The average Bonchev–Trinajstić information content (AvgIpc) is 2.16. The van der Waals surface area contributed by atoms with Crippen molar-refractivity contribution in [2.75, 3.05) is 18.5 Å². The topological polar surface area (TPSA) is 52.5 Å². The Balaban J connectivity index is 2.59. The van der Waals surface area contributed by atoms with Crippen LogP contribution in [0.4, 0.5) is 10.1 Å². The first-order valence-electron chi connectivity index (χ1n) is 4.15. The minimum atomic E-state index is -0.884. The fourth-order valence-corrected chi connectivity index (χ4v) is 1.13. The number of benzene rings is 1. The van der Waals surface area contributed by atoms with E-state index in [0.717, 1.165) is 0 Å². The molecule has 1 rings (SSSR count). The number of aliphatic hydroxyl groups is 2. The first kappa shape index (κ1) is 11.3. The molecule has 3 nitrogen and oxygen atoms in total. The number of thiol groups is 1. The van der Waals surface area contributed by atoms with Gasteiger partial charge >= 0.3 is 0 Å². The van der Waals surface area contributed by atoms with E-state index in [1.807, 2.05) is 0 Å². The summed E-state index contributed by atoms with van der Waals surface area (Å²) in [5, 5.41) is 20.2. The first-order chi connectivity index (χ1) is 6.63. The van der Waals surface area contributed by atoms with Gasteiger partial charge in [-0.3, -0.25) is 0 Å². The first-order valence-corrected chi connectivity index (χ1v) is 4.59. The summed E-state index contributed by atoms with van der Waals surface area (Å²) in [5.74, 6) is -0.428. The van der Waals surface area contributed by atoms with Crippen molar-refractivity contribution in [2.24, 2.45) is 0 Å². The molecule has 0 amide bonds. The van der Waals surface area contributed by atoms with Crippen LogP contribution < -0.4 is 5.32 Å². The zero-order valence-electron chi connectivity index (χ0n) is 7.44. The third kappa shape index (κ3) is 3.17. The largest absolute Gasteiger partial charge is 0.394 e. The SMILES string of the molecule is OCC(O)CNc1ccc(S)cc1F. The van der Waals surface area contributed by atoms with Gasteiger partial charge in [0.05, 0.1) is 18.4 Å². The summed E-state index contributed by atoms with van der Waals surface area (Å²) in [6.45, 7) is -0.237. The van der Waals surface area contributed by atoms with Crippen LogP contribution >= 0.6 is 12.6 Å². The Morgan fingerprint density at radius 2 is 2.21 bits per heavy atom. The maximum absolute atomic E-state index is 13.1. The van der Waals surface area contributed by atoms with Crippen LogP contribution in [-0.4, -0.2) is 29.5 Å². The van der Waals surface area contributed by atoms with Gasteiger partial charge in [0, 0.05) is 11.4 Å². The van der Waals surface area contributed by atoms with Crippen LogP contribution in [0.3, 0.4) is 0 Å². The summed E-state index contributed by atoms with van der Waals surface area (Å²) in [6, 6.07) is 4.44. The van der Waals surface area contributed by atoms with Crippen LogP contribution in [0, 0.1) is 5.82 Å². The Kier molecular flexibility index (Phi) is 4.19. The molecular formula is C9H12FNO2S. The smallest absolute Gasteiger partial charge is 0.147 e. The molecule has 14 heavy (non-hydrogen) atoms. The fourth-order valence-electron chi connectivity index (χ4n) is 0.940. The van der Waals surface area contributed by atoms with E-state index < -0.39 is 11.9 Å². The zero-order chi connectivity index (χ0) is 10.6. The third-order valence-electron chi connectivity index (χ3n) is 1.69. The van der Waals surface area contributed by atoms with Crippen LogP contribution in [0.5, 0.6) is 0 Å². The van der Waals surface area contributed by atoms with E-state index in [1.54, 1.807) is 6.07 Å². The molecule has 0 aliphatic carbocycles. The van der Waals surface area contributed by atoms with Gasteiger partial charge in [0.2, 0.25) is 0 Å². The molecule has 0 saturated carbocycles. The normalized spacial score (nSPS) is 12.6. The molecule has 1 unspecified atom stereocenters. The van der Waals surface area contributed by atoms with E-state index in [1.165, 1.54) is 12.1 Å². The molecule has 1 atom stereocenters. The van der Waals surface area contributed by atoms with Crippen LogP contribution in [0.1, 0.15) is 0 Å². The maximum atomic E-state index is 13.1. The van der Waals surface area contributed by atoms with Crippen molar-refractivity contribution in [1.29, 1.82) is 0 Å². The molecule has 5 heteroatoms. The molecule has 0 aromatic heterocycles. The molecule has 1 aromatic rings. The molecule has 0 spiro atoms. The number of nitrogens with one attached hydrogen (secondary N) is 1. The number of aliphatic hydroxyl groups excluding tert-OH is 2. The minimum absolute atomic E-state index is 0.110. The molecule has 0 heterocycles. The van der Waals surface area contributed by atoms with Crippen molar-refractivity contribution in [1.82, 2.24) is 0 Å². The number of halogens is 1. The Bertz CT molecular complexity index is 309. The van der Waals surface area contributed by atoms with Crippen LogP contribution in [0.25, 0.3) is 0 Å². The molecular weight excluding hydrogens is 205 g/mol. The van der Waals surface area contributed by atoms with Crippen molar-refractivity contribution < 1.29 is 14.6 Å². The predicted octanol–water partition coefficient (Wildman–Crippen LogP) is 0.879. The quantitative estimate of drug-likeness (QED) is 0.566. The number of hydrogen-bond donors (Lipinski definition) is 4. The van der Waals surface area contributed by atoms with Gasteiger partial charge in [0.25, 0.3) is 0 Å². The van der Waals surface area contributed by atoms with Crippen molar-refractivity contribution in [2.45, 2.75) is 11.0 Å². The molecule has 0 aliphatic heterocycles. The summed E-state index contributed by atoms with van der Waals surface area (Å²) < 4.78 is 13.1. The van der Waals surface area contributed by atoms with Crippen molar-refractivity contribution in [3.63, 3.8) is 0 Å². The van der Waals surface area contributed by atoms with E-state index in [4.69, 9.17) is 10.2 Å². The lowest BCUT2D eigenvalue weighted by Crippen LogP contribution is -2.23. The second-order valence-corrected chi connectivity index (χ2v) is 3.40. The number of rotatable bonds is 4. The molecule has 78 valence electrons. The van der Waals surface area contributed by atoms with Gasteiger partial charge in [-0.2, -0.15) is 0 Å². The highest BCUT2D eigenvalue weighted by Crippen LogP contribution is 2.17. The van der Waals surface area contributed by atoms with E-state index >= 15 is 0 Å². The second-order valence-electron chi connectivity index (χ2n) is 2.88. The molecule has 0 bridgehead atoms. The minimum Gasteiger partial charge on any atom is -0.394 e. The third-order valence-corrected chi connectivity index (χ3v) is 1.97. The van der Waals surface area contributed by atoms with Crippen molar-refractivity contribution in [3.05, 3.63) is 24.0 Å². The van der Waals surface area contributed by atoms with Crippen LogP contribution in [0.15, 0.2) is 23.1 Å². The van der Waals surface area contributed by atoms with Gasteiger partial charge in [0.15, 0.2) is 0 Å². The second kappa shape index (κ2) is 5.19. The van der Waals surface area contributed by atoms with Gasteiger partial charge in [-0.25, -0.2) is 4.39 Å². The van der Waals surface area contributed by atoms with Gasteiger partial charge in [0.1, 0.15) is 5.82 Å². The highest BCUT2D eigenvalue weighted by atomic mass is 32.1. The fraction of sp³-hybridized carbons (Fsp3) is 0.333. The van der Waals surface area contributed by atoms with Crippen LogP contribution in [-0.2, 0) is 0 Å². The Labute approximate surface area is 87.0 Å². The Morgan fingerprint density at radius 1 is 1.50 bits per heavy atom. The van der Waals surface area contributed by atoms with E-state index in [2.05, 4.69) is 17.9 Å². The van der Waals surface area contributed by atoms with E-state index in [9.17, 15) is 4.39 Å². The zero-order valence-corrected chi connectivity index (χ0v) is 8.34. The van der Waals surface area contributed by atoms with Gasteiger partial charge in [-0.05, 0) is 18.2 Å². The highest BCUT2D eigenvalue weighted by molar-refractivity contribution is 7.80. The molecule has 0 radical (unpaired) electrons. The van der Waals surface area contributed by atoms with E-state index in [0.29, 0.717) is 4.90 Å². The number of anilines is 1. The molecule has 0 fully saturated rings. The lowest BCUT2D eigenvalue weighted by Gasteiger charge is -2.10. The molecule has 1 aromatic carbocycles. The van der Waals surface area contributed by atoms with E-state index in [-0.39, 0.29) is 18.8 Å². The summed E-state index contributed by atoms with van der Waals surface area (Å²) in [6.07, 6.45) is -0.884. The highest BCUT2D eigenvalue weighted by Gasteiger charge is 2.04. The molecule has 0 saturated heterocycles. The maximum Gasteiger partial charge on any atom is 0.147 e.